The third-order valence-corrected chi connectivity index (χ3v) is 6.50. The van der Waals surface area contributed by atoms with Crippen LogP contribution >= 0.6 is 0 Å². The lowest BCUT2D eigenvalue weighted by molar-refractivity contribution is -0.125. The predicted octanol–water partition coefficient (Wildman–Crippen LogP) is 1.63. The molecule has 2 aromatic carbocycles. The Morgan fingerprint density at radius 2 is 1.83 bits per heavy atom. The van der Waals surface area contributed by atoms with Gasteiger partial charge in [0.1, 0.15) is 17.3 Å². The normalized spacial score (nSPS) is 19.6. The topological polar surface area (TPSA) is 94.2 Å². The summed E-state index contributed by atoms with van der Waals surface area (Å²) in [5.74, 6) is -0.438. The lowest BCUT2D eigenvalue weighted by Gasteiger charge is -2.27. The van der Waals surface area contributed by atoms with Crippen LogP contribution in [0, 0.1) is 5.82 Å². The number of halogens is 1. The number of hydrogen-bond donors (Lipinski definition) is 1. The number of ether oxygens (including phenoxy) is 3. The van der Waals surface area contributed by atoms with Gasteiger partial charge < -0.3 is 19.5 Å². The molecule has 1 saturated heterocycles. The Hall–Kier alpha value is -2.69. The van der Waals surface area contributed by atoms with Crippen LogP contribution in [0.3, 0.4) is 0 Å². The summed E-state index contributed by atoms with van der Waals surface area (Å²) in [7, 11) is -4.04. The van der Waals surface area contributed by atoms with Crippen LogP contribution < -0.4 is 14.8 Å². The fourth-order valence-electron chi connectivity index (χ4n) is 3.08. The second kappa shape index (κ2) is 7.97. The lowest BCUT2D eigenvalue weighted by Crippen LogP contribution is -2.41. The van der Waals surface area contributed by atoms with E-state index >= 15 is 0 Å². The molecule has 2 aliphatic heterocycles. The number of anilines is 1. The summed E-state index contributed by atoms with van der Waals surface area (Å²) in [6.07, 6.45) is -0.922. The molecule has 1 atom stereocenters. The zero-order valence-electron chi connectivity index (χ0n) is 15.3. The largest absolute Gasteiger partial charge is 0.485 e. The summed E-state index contributed by atoms with van der Waals surface area (Å²) >= 11 is 0. The minimum atomic E-state index is -4.04. The Morgan fingerprint density at radius 1 is 1.10 bits per heavy atom. The van der Waals surface area contributed by atoms with Crippen molar-refractivity contribution in [3.8, 4) is 11.5 Å². The van der Waals surface area contributed by atoms with Crippen molar-refractivity contribution >= 4 is 21.6 Å². The molecular formula is C19H19FN2O6S. The van der Waals surface area contributed by atoms with Crippen molar-refractivity contribution in [3.63, 3.8) is 0 Å². The fraction of sp³-hybridized carbons (Fsp3) is 0.316. The molecule has 2 aromatic rings. The molecule has 0 aliphatic carbocycles. The molecule has 0 bridgehead atoms. The number of carbonyl (C=O) groups excluding carboxylic acids is 1. The minimum absolute atomic E-state index is 0.00295. The maximum atomic E-state index is 14.3. The lowest BCUT2D eigenvalue weighted by atomic mass is 10.2. The van der Waals surface area contributed by atoms with E-state index in [0.717, 1.165) is 16.4 Å². The van der Waals surface area contributed by atoms with E-state index in [1.807, 2.05) is 0 Å². The van der Waals surface area contributed by atoms with Crippen molar-refractivity contribution in [1.82, 2.24) is 4.31 Å². The number of amides is 1. The molecule has 1 N–H and O–H groups in total. The van der Waals surface area contributed by atoms with Gasteiger partial charge in [-0.1, -0.05) is 12.1 Å². The number of carbonyl (C=O) groups is 1. The van der Waals surface area contributed by atoms with Crippen LogP contribution in [0.1, 0.15) is 0 Å². The molecule has 154 valence electrons. The van der Waals surface area contributed by atoms with Gasteiger partial charge in [0.2, 0.25) is 16.1 Å². The van der Waals surface area contributed by atoms with Gasteiger partial charge in [-0.15, -0.1) is 0 Å². The van der Waals surface area contributed by atoms with Crippen LogP contribution in [0.4, 0.5) is 10.1 Å². The Morgan fingerprint density at radius 3 is 2.59 bits per heavy atom. The summed E-state index contributed by atoms with van der Waals surface area (Å²) < 4.78 is 57.3. The van der Waals surface area contributed by atoms with Gasteiger partial charge in [0.25, 0.3) is 5.91 Å². The fourth-order valence-corrected chi connectivity index (χ4v) is 4.57. The summed E-state index contributed by atoms with van der Waals surface area (Å²) in [4.78, 5) is 12.0. The van der Waals surface area contributed by atoms with Crippen LogP contribution in [-0.2, 0) is 19.6 Å². The van der Waals surface area contributed by atoms with Crippen molar-refractivity contribution in [1.29, 1.82) is 0 Å². The van der Waals surface area contributed by atoms with Gasteiger partial charge in [0, 0.05) is 18.8 Å². The van der Waals surface area contributed by atoms with Crippen LogP contribution in [-0.4, -0.2) is 57.6 Å². The first-order valence-electron chi connectivity index (χ1n) is 9.02. The third kappa shape index (κ3) is 4.04. The molecule has 0 saturated carbocycles. The highest BCUT2D eigenvalue weighted by Crippen LogP contribution is 2.31. The molecule has 2 aliphatic rings. The molecule has 2 heterocycles. The van der Waals surface area contributed by atoms with Crippen LogP contribution in [0.25, 0.3) is 0 Å². The first kappa shape index (κ1) is 19.6. The Balaban J connectivity index is 1.51. The maximum absolute atomic E-state index is 14.3. The average molecular weight is 422 g/mol. The van der Waals surface area contributed by atoms with Crippen molar-refractivity contribution in [2.45, 2.75) is 11.0 Å². The molecule has 29 heavy (non-hydrogen) atoms. The third-order valence-electron chi connectivity index (χ3n) is 4.59. The maximum Gasteiger partial charge on any atom is 0.269 e. The SMILES string of the molecule is O=C(Nc1ccc(F)c(S(=O)(=O)N2CCOCC2)c1)[C@@H]1COc2ccccc2O1. The number of nitrogens with one attached hydrogen (secondary N) is 1. The summed E-state index contributed by atoms with van der Waals surface area (Å²) in [6, 6.07) is 10.4. The number of hydrogen-bond acceptors (Lipinski definition) is 6. The highest BCUT2D eigenvalue weighted by atomic mass is 32.2. The summed E-state index contributed by atoms with van der Waals surface area (Å²) in [5.41, 5.74) is 0.144. The number of sulfonamides is 1. The van der Waals surface area contributed by atoms with Crippen LogP contribution in [0.2, 0.25) is 0 Å². The number of morpholine rings is 1. The number of nitrogens with zero attached hydrogens (tertiary/aromatic N) is 1. The summed E-state index contributed by atoms with van der Waals surface area (Å²) in [6.45, 7) is 0.786. The van der Waals surface area contributed by atoms with E-state index in [0.29, 0.717) is 11.5 Å². The van der Waals surface area contributed by atoms with E-state index < -0.39 is 32.7 Å². The average Bonchev–Trinajstić information content (AvgIpc) is 2.75. The standard InChI is InChI=1S/C19H19FN2O6S/c20-14-6-5-13(11-18(14)29(24,25)22-7-9-26-10-8-22)21-19(23)17-12-27-15-3-1-2-4-16(15)28-17/h1-6,11,17H,7-10,12H2,(H,21,23)/t17-/m0/s1. The van der Waals surface area contributed by atoms with Crippen molar-refractivity contribution in [3.05, 3.63) is 48.3 Å². The summed E-state index contributed by atoms with van der Waals surface area (Å²) in [5, 5.41) is 2.57. The van der Waals surface area contributed by atoms with E-state index in [-0.39, 0.29) is 38.6 Å². The number of fused-ring (bicyclic) bond motifs is 1. The Bertz CT molecular complexity index is 1020. The van der Waals surface area contributed by atoms with E-state index in [2.05, 4.69) is 5.32 Å². The molecule has 0 unspecified atom stereocenters. The van der Waals surface area contributed by atoms with E-state index in [1.54, 1.807) is 24.3 Å². The minimum Gasteiger partial charge on any atom is -0.485 e. The van der Waals surface area contributed by atoms with Gasteiger partial charge in [0.05, 0.1) is 13.2 Å². The number of benzene rings is 2. The van der Waals surface area contributed by atoms with Gasteiger partial charge in [0.15, 0.2) is 11.5 Å². The molecule has 0 radical (unpaired) electrons. The number of rotatable bonds is 4. The molecule has 8 nitrogen and oxygen atoms in total. The van der Waals surface area contributed by atoms with Crippen molar-refractivity contribution in [2.75, 3.05) is 38.2 Å². The second-order valence-electron chi connectivity index (χ2n) is 6.52. The molecule has 0 spiro atoms. The first-order chi connectivity index (χ1) is 13.9. The first-order valence-corrected chi connectivity index (χ1v) is 10.5. The van der Waals surface area contributed by atoms with Gasteiger partial charge in [-0.05, 0) is 30.3 Å². The van der Waals surface area contributed by atoms with Crippen LogP contribution in [0.5, 0.6) is 11.5 Å². The van der Waals surface area contributed by atoms with E-state index in [1.165, 1.54) is 6.07 Å². The van der Waals surface area contributed by atoms with Gasteiger partial charge in [-0.2, -0.15) is 4.31 Å². The molecule has 0 aromatic heterocycles. The van der Waals surface area contributed by atoms with Crippen molar-refractivity contribution < 1.29 is 31.8 Å². The van der Waals surface area contributed by atoms with Gasteiger partial charge in [-0.3, -0.25) is 4.79 Å². The van der Waals surface area contributed by atoms with E-state index in [4.69, 9.17) is 14.2 Å². The highest BCUT2D eigenvalue weighted by Gasteiger charge is 2.31. The molecule has 10 heteroatoms. The van der Waals surface area contributed by atoms with Gasteiger partial charge >= 0.3 is 0 Å². The molecular weight excluding hydrogens is 403 g/mol. The molecule has 1 amide bonds. The van der Waals surface area contributed by atoms with Gasteiger partial charge in [-0.25, -0.2) is 12.8 Å². The Labute approximate surface area is 167 Å². The van der Waals surface area contributed by atoms with E-state index in [9.17, 15) is 17.6 Å². The smallest absolute Gasteiger partial charge is 0.269 e. The number of para-hydroxylation sites is 2. The second-order valence-corrected chi connectivity index (χ2v) is 8.42. The van der Waals surface area contributed by atoms with Crippen molar-refractivity contribution in [2.24, 2.45) is 0 Å². The zero-order chi connectivity index (χ0) is 20.4. The Kier molecular flexibility index (Phi) is 5.39. The monoisotopic (exact) mass is 422 g/mol. The van der Waals surface area contributed by atoms with Crippen LogP contribution in [0.15, 0.2) is 47.4 Å². The quantitative estimate of drug-likeness (QED) is 0.805. The predicted molar refractivity (Wildman–Crippen MR) is 101 cm³/mol. The highest BCUT2D eigenvalue weighted by molar-refractivity contribution is 7.89. The molecule has 4 rings (SSSR count). The zero-order valence-corrected chi connectivity index (χ0v) is 16.2. The molecule has 1 fully saturated rings.